The molecule has 0 aliphatic rings. The first-order chi connectivity index (χ1) is 15.8. The number of unbranched alkanes of at least 4 members (excludes halogenated alkanes) is 2. The second-order valence-electron chi connectivity index (χ2n) is 7.66. The van der Waals surface area contributed by atoms with Crippen LogP contribution in [0.5, 0.6) is 0 Å². The molecule has 0 N–H and O–H groups in total. The number of thiophene rings is 2. The Bertz CT molecular complexity index is 1200. The summed E-state index contributed by atoms with van der Waals surface area (Å²) in [5, 5.41) is 3.89. The van der Waals surface area contributed by atoms with Gasteiger partial charge in [0.15, 0.2) is 0 Å². The van der Waals surface area contributed by atoms with Crippen LogP contribution in [0.3, 0.4) is 0 Å². The minimum Gasteiger partial charge on any atom is -0.130 e. The Morgan fingerprint density at radius 3 is 1.47 bits per heavy atom. The molecule has 0 saturated carbocycles. The van der Waals surface area contributed by atoms with E-state index < -0.39 is 0 Å². The second kappa shape index (κ2) is 10.9. The van der Waals surface area contributed by atoms with E-state index in [1.807, 2.05) is 24.3 Å². The van der Waals surface area contributed by atoms with Crippen molar-refractivity contribution in [3.05, 3.63) is 94.7 Å². The number of rotatable bonds is 6. The molecule has 0 aliphatic carbocycles. The van der Waals surface area contributed by atoms with E-state index in [1.54, 1.807) is 22.7 Å². The smallest absolute Gasteiger partial charge is 0.0938 e. The third-order valence-electron chi connectivity index (χ3n) is 5.12. The molecule has 0 bridgehead atoms. The topological polar surface area (TPSA) is 0 Å². The fraction of sp³-hybridized carbons (Fsp3) is 0.267. The monoisotopic (exact) mass is 448 g/mol. The molecule has 32 heavy (non-hydrogen) atoms. The van der Waals surface area contributed by atoms with Crippen LogP contribution in [-0.4, -0.2) is 0 Å². The van der Waals surface area contributed by atoms with E-state index in [9.17, 15) is 0 Å². The van der Waals surface area contributed by atoms with E-state index in [2.05, 4.69) is 74.5 Å². The van der Waals surface area contributed by atoms with Gasteiger partial charge in [0.05, 0.1) is 20.2 Å². The van der Waals surface area contributed by atoms with Crippen molar-refractivity contribution in [1.29, 1.82) is 0 Å². The molecule has 4 aromatic rings. The fourth-order valence-corrected chi connectivity index (χ4v) is 5.37. The van der Waals surface area contributed by atoms with Crippen LogP contribution in [0, 0.1) is 48.5 Å². The van der Waals surface area contributed by atoms with Crippen LogP contribution in [0.15, 0.2) is 36.4 Å². The maximum atomic E-state index is 3.36. The van der Waals surface area contributed by atoms with Crippen LogP contribution in [0.1, 0.15) is 49.3 Å². The Labute approximate surface area is 200 Å². The summed E-state index contributed by atoms with van der Waals surface area (Å²) >= 11 is 3.49. The van der Waals surface area contributed by atoms with Gasteiger partial charge in [0, 0.05) is 20.5 Å². The minimum atomic E-state index is 0.950. The van der Waals surface area contributed by atoms with Gasteiger partial charge in [0.2, 0.25) is 0 Å². The molecule has 0 fully saturated rings. The molecule has 0 atom stereocenters. The third kappa shape index (κ3) is 5.56. The van der Waals surface area contributed by atoms with Crippen molar-refractivity contribution >= 4 is 53.6 Å². The van der Waals surface area contributed by atoms with Crippen molar-refractivity contribution in [3.8, 4) is 0 Å². The molecule has 2 aromatic heterocycles. The van der Waals surface area contributed by atoms with Crippen LogP contribution >= 0.6 is 22.7 Å². The number of benzene rings is 1. The molecule has 2 heteroatoms. The van der Waals surface area contributed by atoms with E-state index in [0.717, 1.165) is 43.8 Å². The van der Waals surface area contributed by atoms with Gasteiger partial charge >= 0.3 is 0 Å². The lowest BCUT2D eigenvalue weighted by Crippen LogP contribution is -1.76. The molecule has 0 nitrogen and oxygen atoms in total. The summed E-state index contributed by atoms with van der Waals surface area (Å²) < 4.78 is 2.02. The molecule has 2 heterocycles. The first-order valence-electron chi connectivity index (χ1n) is 11.2. The first kappa shape index (κ1) is 22.1. The van der Waals surface area contributed by atoms with Gasteiger partial charge in [-0.1, -0.05) is 63.1 Å². The van der Waals surface area contributed by atoms with Crippen molar-refractivity contribution in [3.63, 3.8) is 0 Å². The Kier molecular flexibility index (Phi) is 7.55. The zero-order valence-electron chi connectivity index (χ0n) is 18.5. The highest BCUT2D eigenvalue weighted by atomic mass is 32.1. The summed E-state index contributed by atoms with van der Waals surface area (Å²) in [5.41, 5.74) is 0. The van der Waals surface area contributed by atoms with Crippen molar-refractivity contribution in [1.82, 2.24) is 0 Å². The summed E-state index contributed by atoms with van der Waals surface area (Å²) in [5.74, 6) is 0. The Morgan fingerprint density at radius 1 is 0.594 bits per heavy atom. The summed E-state index contributed by atoms with van der Waals surface area (Å²) in [6.07, 6.45) is 6.87. The van der Waals surface area contributed by atoms with Crippen LogP contribution in [0.2, 0.25) is 0 Å². The molecule has 4 rings (SSSR count). The van der Waals surface area contributed by atoms with E-state index >= 15 is 0 Å². The van der Waals surface area contributed by atoms with Crippen molar-refractivity contribution in [2.75, 3.05) is 0 Å². The van der Waals surface area contributed by atoms with E-state index in [-0.39, 0.29) is 0 Å². The van der Waals surface area contributed by atoms with Crippen LogP contribution < -0.4 is 0 Å². The molecule has 0 radical (unpaired) electrons. The van der Waals surface area contributed by atoms with Gasteiger partial charge in [-0.25, -0.2) is 0 Å². The third-order valence-corrected chi connectivity index (χ3v) is 7.35. The van der Waals surface area contributed by atoms with Gasteiger partial charge < -0.3 is 0 Å². The highest BCUT2D eigenvalue weighted by Crippen LogP contribution is 2.24. The number of aryl methyl sites for hydroxylation is 2. The van der Waals surface area contributed by atoms with Gasteiger partial charge in [-0.2, -0.15) is 0 Å². The Hall–Kier alpha value is -3.14. The Morgan fingerprint density at radius 2 is 1.03 bits per heavy atom. The van der Waals surface area contributed by atoms with E-state index in [0.29, 0.717) is 0 Å². The first-order valence-corrected chi connectivity index (χ1v) is 12.8. The predicted octanol–water partition coefficient (Wildman–Crippen LogP) is 8.60. The molecular weight excluding hydrogens is 424 g/mol. The van der Waals surface area contributed by atoms with Gasteiger partial charge in [0.25, 0.3) is 0 Å². The largest absolute Gasteiger partial charge is 0.130 e. The van der Waals surface area contributed by atoms with Crippen LogP contribution in [-0.2, 0) is 12.8 Å². The predicted molar refractivity (Wildman–Crippen MR) is 138 cm³/mol. The van der Waals surface area contributed by atoms with E-state index in [1.165, 1.54) is 35.4 Å². The lowest BCUT2D eigenvalue weighted by atomic mass is 10.2. The molecular formula is C30H24S2. The minimum absolute atomic E-state index is 0.950. The summed E-state index contributed by atoms with van der Waals surface area (Å²) in [6.45, 7) is 4.44. The standard InChI is InChI=1S/C30H24S2/c1-3-5-13-27-21-25-19-17-23-11-7-8-12-24(23)18-20-26-22-28(14-6-4-2)32-30(26)16-10-9-15-29(25)31-27/h7-8,11-12,21-22H,3-6,13-14H2,1-2H3. The maximum Gasteiger partial charge on any atom is 0.0938 e. The fourth-order valence-electron chi connectivity index (χ4n) is 3.35. The van der Waals surface area contributed by atoms with Gasteiger partial charge in [-0.05, 0) is 74.2 Å². The highest BCUT2D eigenvalue weighted by Gasteiger charge is 2.00. The van der Waals surface area contributed by atoms with Crippen molar-refractivity contribution in [2.45, 2.75) is 52.4 Å². The molecule has 2 aromatic carbocycles. The van der Waals surface area contributed by atoms with Gasteiger partial charge in [0.1, 0.15) is 0 Å². The molecule has 156 valence electrons. The van der Waals surface area contributed by atoms with Crippen molar-refractivity contribution in [2.24, 2.45) is 0 Å². The normalized spacial score (nSPS) is 9.94. The highest BCUT2D eigenvalue weighted by molar-refractivity contribution is 7.19. The molecule has 0 saturated heterocycles. The number of hydrogen-bond acceptors (Lipinski definition) is 2. The maximum absolute atomic E-state index is 3.36. The SMILES string of the molecule is CCCCc1cc2c#cc3ccccc3c#cc3cc(CCCC)sc3c#cc#cc2s1. The van der Waals surface area contributed by atoms with Crippen molar-refractivity contribution < 1.29 is 0 Å². The number of hydrogen-bond donors (Lipinski definition) is 0. The summed E-state index contributed by atoms with van der Waals surface area (Å²) in [7, 11) is 0. The lowest BCUT2D eigenvalue weighted by molar-refractivity contribution is 0.804. The molecule has 0 spiro atoms. The zero-order valence-corrected chi connectivity index (χ0v) is 20.2. The summed E-state index contributed by atoms with van der Waals surface area (Å²) in [4.78, 5) is 2.68. The van der Waals surface area contributed by atoms with Gasteiger partial charge in [-0.15, -0.1) is 22.7 Å². The molecule has 0 unspecified atom stereocenters. The molecule has 0 aliphatic heterocycles. The Balaban J connectivity index is 1.94. The second-order valence-corrected chi connectivity index (χ2v) is 9.94. The zero-order chi connectivity index (χ0) is 22.2. The molecule has 0 amide bonds. The quantitative estimate of drug-likeness (QED) is 0.277. The van der Waals surface area contributed by atoms with E-state index in [4.69, 9.17) is 0 Å². The van der Waals surface area contributed by atoms with Crippen LogP contribution in [0.25, 0.3) is 30.9 Å². The average molecular weight is 449 g/mol. The van der Waals surface area contributed by atoms with Crippen LogP contribution in [0.4, 0.5) is 0 Å². The number of fused-ring (bicyclic) bond motifs is 3. The summed E-state index contributed by atoms with van der Waals surface area (Å²) in [6, 6.07) is 38.6. The van der Waals surface area contributed by atoms with Gasteiger partial charge in [-0.3, -0.25) is 0 Å². The average Bonchev–Trinajstić information content (AvgIpc) is 3.39. The lowest BCUT2D eigenvalue weighted by Gasteiger charge is -1.90.